The summed E-state index contributed by atoms with van der Waals surface area (Å²) in [6.07, 6.45) is 0.686. The second-order valence-corrected chi connectivity index (χ2v) is 3.22. The first-order chi connectivity index (χ1) is 4.45. The first-order valence-corrected chi connectivity index (χ1v) is 3.30. The molecule has 3 nitrogen and oxygen atoms in total. The van der Waals surface area contributed by atoms with E-state index in [1.54, 1.807) is 0 Å². The van der Waals surface area contributed by atoms with Crippen LogP contribution in [-0.2, 0) is 9.53 Å². The predicted octanol–water partition coefficient (Wildman–Crippen LogP) is 0.328. The molecule has 0 amide bonds. The van der Waals surface area contributed by atoms with Crippen molar-refractivity contribution in [2.75, 3.05) is 6.61 Å². The zero-order valence-corrected chi connectivity index (χ0v) is 6.76. The Morgan fingerprint density at radius 2 is 2.10 bits per heavy atom. The summed E-state index contributed by atoms with van der Waals surface area (Å²) >= 11 is 0. The Labute approximate surface area is 61.5 Å². The molecule has 0 aliphatic heterocycles. The highest BCUT2D eigenvalue weighted by atomic mass is 16.5. The van der Waals surface area contributed by atoms with E-state index in [-0.39, 0.29) is 5.60 Å². The van der Waals surface area contributed by atoms with Crippen LogP contribution in [0.25, 0.3) is 0 Å². The summed E-state index contributed by atoms with van der Waals surface area (Å²) in [4.78, 5) is 10.0. The van der Waals surface area contributed by atoms with Crippen molar-refractivity contribution in [3.63, 3.8) is 0 Å². The SMILES string of the molecule is CC(C)(C)OCC(N)C=O. The zero-order chi connectivity index (χ0) is 8.20. The second-order valence-electron chi connectivity index (χ2n) is 3.22. The lowest BCUT2D eigenvalue weighted by Gasteiger charge is -2.20. The Morgan fingerprint density at radius 3 is 2.40 bits per heavy atom. The predicted molar refractivity (Wildman–Crippen MR) is 39.7 cm³/mol. The maximum atomic E-state index is 10.0. The van der Waals surface area contributed by atoms with Crippen LogP contribution in [0.1, 0.15) is 20.8 Å². The molecule has 0 spiro atoms. The van der Waals surface area contributed by atoms with E-state index < -0.39 is 6.04 Å². The van der Waals surface area contributed by atoms with Crippen LogP contribution in [-0.4, -0.2) is 24.5 Å². The molecule has 0 rings (SSSR count). The van der Waals surface area contributed by atoms with Crippen molar-refractivity contribution >= 4 is 6.29 Å². The van der Waals surface area contributed by atoms with Gasteiger partial charge in [0.25, 0.3) is 0 Å². The van der Waals surface area contributed by atoms with Gasteiger partial charge < -0.3 is 15.3 Å². The normalized spacial score (nSPS) is 14.8. The van der Waals surface area contributed by atoms with E-state index in [2.05, 4.69) is 0 Å². The number of nitrogens with two attached hydrogens (primary N) is 1. The highest BCUT2D eigenvalue weighted by Crippen LogP contribution is 2.05. The van der Waals surface area contributed by atoms with Gasteiger partial charge in [0.1, 0.15) is 6.29 Å². The standard InChI is InChI=1S/C7H15NO2/c1-7(2,3)10-5-6(8)4-9/h4,6H,5,8H2,1-3H3. The smallest absolute Gasteiger partial charge is 0.139 e. The van der Waals surface area contributed by atoms with E-state index >= 15 is 0 Å². The third-order valence-corrected chi connectivity index (χ3v) is 0.884. The molecule has 0 bridgehead atoms. The fraction of sp³-hybridized carbons (Fsp3) is 0.857. The van der Waals surface area contributed by atoms with E-state index in [0.29, 0.717) is 12.9 Å². The average Bonchev–Trinajstić information content (AvgIpc) is 1.81. The molecule has 0 heterocycles. The van der Waals surface area contributed by atoms with Crippen LogP contribution in [0.2, 0.25) is 0 Å². The van der Waals surface area contributed by atoms with Crippen LogP contribution in [0, 0.1) is 0 Å². The molecule has 1 unspecified atom stereocenters. The summed E-state index contributed by atoms with van der Waals surface area (Å²) in [5.41, 5.74) is 5.08. The third-order valence-electron chi connectivity index (χ3n) is 0.884. The largest absolute Gasteiger partial charge is 0.374 e. The van der Waals surface area contributed by atoms with Crippen molar-refractivity contribution in [2.24, 2.45) is 5.73 Å². The molecular formula is C7H15NO2. The summed E-state index contributed by atoms with van der Waals surface area (Å²) in [5, 5.41) is 0. The van der Waals surface area contributed by atoms with Gasteiger partial charge in [-0.25, -0.2) is 0 Å². The summed E-state index contributed by atoms with van der Waals surface area (Å²) in [7, 11) is 0. The van der Waals surface area contributed by atoms with E-state index in [1.165, 1.54) is 0 Å². The Morgan fingerprint density at radius 1 is 1.60 bits per heavy atom. The molecule has 0 aromatic heterocycles. The zero-order valence-electron chi connectivity index (χ0n) is 6.76. The molecule has 0 aromatic carbocycles. The van der Waals surface area contributed by atoms with E-state index in [9.17, 15) is 4.79 Å². The fourth-order valence-electron chi connectivity index (χ4n) is 0.386. The Bertz CT molecular complexity index is 107. The van der Waals surface area contributed by atoms with Gasteiger partial charge in [0.15, 0.2) is 0 Å². The fourth-order valence-corrected chi connectivity index (χ4v) is 0.386. The van der Waals surface area contributed by atoms with Gasteiger partial charge in [0.2, 0.25) is 0 Å². The molecule has 10 heavy (non-hydrogen) atoms. The van der Waals surface area contributed by atoms with Gasteiger partial charge in [-0.15, -0.1) is 0 Å². The van der Waals surface area contributed by atoms with Gasteiger partial charge in [-0.05, 0) is 20.8 Å². The molecule has 0 saturated heterocycles. The molecule has 60 valence electrons. The number of hydrogen-bond donors (Lipinski definition) is 1. The molecule has 0 aliphatic rings. The number of carbonyl (C=O) groups is 1. The highest BCUT2D eigenvalue weighted by molar-refractivity contribution is 5.57. The molecule has 3 heteroatoms. The molecule has 0 saturated carbocycles. The Kier molecular flexibility index (Phi) is 3.53. The number of carbonyl (C=O) groups excluding carboxylic acids is 1. The second kappa shape index (κ2) is 3.68. The molecule has 0 fully saturated rings. The van der Waals surface area contributed by atoms with Gasteiger partial charge in [-0.2, -0.15) is 0 Å². The maximum absolute atomic E-state index is 10.0. The minimum Gasteiger partial charge on any atom is -0.374 e. The minimum absolute atomic E-state index is 0.208. The summed E-state index contributed by atoms with van der Waals surface area (Å²) in [5.74, 6) is 0. The molecule has 0 radical (unpaired) electrons. The van der Waals surface area contributed by atoms with Crippen LogP contribution >= 0.6 is 0 Å². The van der Waals surface area contributed by atoms with Gasteiger partial charge in [0.05, 0.1) is 18.2 Å². The third kappa shape index (κ3) is 5.72. The number of hydrogen-bond acceptors (Lipinski definition) is 3. The van der Waals surface area contributed by atoms with Crippen molar-refractivity contribution in [3.05, 3.63) is 0 Å². The van der Waals surface area contributed by atoms with E-state index in [4.69, 9.17) is 10.5 Å². The average molecular weight is 145 g/mol. The topological polar surface area (TPSA) is 52.3 Å². The van der Waals surface area contributed by atoms with Crippen molar-refractivity contribution < 1.29 is 9.53 Å². The molecular weight excluding hydrogens is 130 g/mol. The van der Waals surface area contributed by atoms with Gasteiger partial charge >= 0.3 is 0 Å². The number of ether oxygens (including phenoxy) is 1. The lowest BCUT2D eigenvalue weighted by atomic mass is 10.2. The van der Waals surface area contributed by atoms with Gasteiger partial charge in [-0.3, -0.25) is 0 Å². The Hall–Kier alpha value is -0.410. The summed E-state index contributed by atoms with van der Waals surface area (Å²) < 4.78 is 5.23. The number of rotatable bonds is 3. The van der Waals surface area contributed by atoms with Crippen LogP contribution in [0.15, 0.2) is 0 Å². The molecule has 1 atom stereocenters. The van der Waals surface area contributed by atoms with Crippen molar-refractivity contribution in [1.82, 2.24) is 0 Å². The van der Waals surface area contributed by atoms with Gasteiger partial charge in [0, 0.05) is 0 Å². The molecule has 0 aliphatic carbocycles. The van der Waals surface area contributed by atoms with Crippen molar-refractivity contribution in [2.45, 2.75) is 32.4 Å². The minimum atomic E-state index is -0.487. The molecule has 2 N–H and O–H groups in total. The van der Waals surface area contributed by atoms with Crippen LogP contribution in [0.5, 0.6) is 0 Å². The highest BCUT2D eigenvalue weighted by Gasteiger charge is 2.11. The van der Waals surface area contributed by atoms with Crippen LogP contribution in [0.4, 0.5) is 0 Å². The summed E-state index contributed by atoms with van der Waals surface area (Å²) in [6, 6.07) is -0.487. The lowest BCUT2D eigenvalue weighted by Crippen LogP contribution is -2.32. The first kappa shape index (κ1) is 9.59. The van der Waals surface area contributed by atoms with Crippen LogP contribution in [0.3, 0.4) is 0 Å². The van der Waals surface area contributed by atoms with Crippen molar-refractivity contribution in [1.29, 1.82) is 0 Å². The first-order valence-electron chi connectivity index (χ1n) is 3.30. The number of aldehydes is 1. The quantitative estimate of drug-likeness (QED) is 0.582. The van der Waals surface area contributed by atoms with Gasteiger partial charge in [-0.1, -0.05) is 0 Å². The van der Waals surface area contributed by atoms with Crippen molar-refractivity contribution in [3.8, 4) is 0 Å². The summed E-state index contributed by atoms with van der Waals surface area (Å²) in [6.45, 7) is 6.06. The van der Waals surface area contributed by atoms with E-state index in [0.717, 1.165) is 0 Å². The molecule has 0 aromatic rings. The Balaban J connectivity index is 3.45. The monoisotopic (exact) mass is 145 g/mol. The van der Waals surface area contributed by atoms with E-state index in [1.807, 2.05) is 20.8 Å². The van der Waals surface area contributed by atoms with Crippen LogP contribution < -0.4 is 5.73 Å². The maximum Gasteiger partial charge on any atom is 0.139 e. The lowest BCUT2D eigenvalue weighted by molar-refractivity contribution is -0.111.